The molecule has 1 aromatic carbocycles. The topological polar surface area (TPSA) is 77.0 Å². The van der Waals surface area contributed by atoms with E-state index in [-0.39, 0.29) is 18.4 Å². The van der Waals surface area contributed by atoms with Crippen molar-refractivity contribution in [1.29, 1.82) is 0 Å². The second kappa shape index (κ2) is 4.58. The quantitative estimate of drug-likeness (QED) is 0.904. The minimum Gasteiger partial charge on any atom is -0.406 e. The van der Waals surface area contributed by atoms with Crippen molar-refractivity contribution in [3.63, 3.8) is 0 Å². The molecule has 0 unspecified atom stereocenters. The molecule has 0 amide bonds. The van der Waals surface area contributed by atoms with Crippen LogP contribution in [-0.4, -0.2) is 10.2 Å². The highest BCUT2D eigenvalue weighted by molar-refractivity contribution is 9.10. The van der Waals surface area contributed by atoms with E-state index < -0.39 is 0 Å². The van der Waals surface area contributed by atoms with E-state index in [1.54, 1.807) is 6.07 Å². The molecule has 0 radical (unpaired) electrons. The molecule has 0 aliphatic heterocycles. The third-order valence-corrected chi connectivity index (χ3v) is 2.47. The summed E-state index contributed by atoms with van der Waals surface area (Å²) in [5.74, 6) is 0.00587. The highest BCUT2D eigenvalue weighted by atomic mass is 79.9. The maximum absolute atomic E-state index is 12.8. The number of hydrogen-bond donors (Lipinski definition) is 2. The predicted octanol–water partition coefficient (Wildman–Crippen LogP) is 2.17. The minimum atomic E-state index is -0.328. The van der Waals surface area contributed by atoms with Crippen LogP contribution in [0.4, 0.5) is 16.1 Å². The van der Waals surface area contributed by atoms with Crippen LogP contribution < -0.4 is 11.1 Å². The Kier molecular flexibility index (Phi) is 3.16. The molecular formula is C9H8BrFN4O. The van der Waals surface area contributed by atoms with Crippen molar-refractivity contribution >= 4 is 27.6 Å². The minimum absolute atomic E-state index is 0.180. The molecule has 2 rings (SSSR count). The van der Waals surface area contributed by atoms with Gasteiger partial charge in [-0.1, -0.05) is 5.10 Å². The summed E-state index contributed by atoms with van der Waals surface area (Å²) in [5, 5.41) is 10.3. The fourth-order valence-corrected chi connectivity index (χ4v) is 1.54. The standard InChI is InChI=1S/C9H8BrFN4O/c10-6-3-5(11)1-2-7(6)13-9-15-14-8(4-12)16-9/h1-3H,4,12H2,(H,13,15). The van der Waals surface area contributed by atoms with Gasteiger partial charge in [0.1, 0.15) is 5.82 Å². The lowest BCUT2D eigenvalue weighted by atomic mass is 10.3. The number of nitrogens with one attached hydrogen (secondary N) is 1. The largest absolute Gasteiger partial charge is 0.406 e. The van der Waals surface area contributed by atoms with Gasteiger partial charge in [0.05, 0.1) is 12.2 Å². The summed E-state index contributed by atoms with van der Waals surface area (Å²) >= 11 is 3.21. The van der Waals surface area contributed by atoms with E-state index in [9.17, 15) is 4.39 Å². The van der Waals surface area contributed by atoms with E-state index in [1.807, 2.05) is 0 Å². The van der Waals surface area contributed by atoms with Crippen molar-refractivity contribution in [2.24, 2.45) is 5.73 Å². The van der Waals surface area contributed by atoms with Gasteiger partial charge in [-0.15, -0.1) is 5.10 Å². The number of nitrogens with zero attached hydrogens (tertiary/aromatic N) is 2. The number of aromatic nitrogens is 2. The molecule has 0 saturated heterocycles. The zero-order valence-corrected chi connectivity index (χ0v) is 9.66. The number of anilines is 2. The van der Waals surface area contributed by atoms with Crippen molar-refractivity contribution in [3.8, 4) is 0 Å². The molecule has 0 fully saturated rings. The zero-order chi connectivity index (χ0) is 11.5. The van der Waals surface area contributed by atoms with Crippen LogP contribution in [0.15, 0.2) is 27.1 Å². The fraction of sp³-hybridized carbons (Fsp3) is 0.111. The maximum atomic E-state index is 12.8. The molecule has 0 atom stereocenters. The zero-order valence-electron chi connectivity index (χ0n) is 8.08. The van der Waals surface area contributed by atoms with Gasteiger partial charge < -0.3 is 15.5 Å². The predicted molar refractivity (Wildman–Crippen MR) is 59.6 cm³/mol. The van der Waals surface area contributed by atoms with Crippen molar-refractivity contribution < 1.29 is 8.81 Å². The van der Waals surface area contributed by atoms with E-state index in [4.69, 9.17) is 10.2 Å². The van der Waals surface area contributed by atoms with Gasteiger partial charge in [0.15, 0.2) is 0 Å². The van der Waals surface area contributed by atoms with E-state index >= 15 is 0 Å². The third-order valence-electron chi connectivity index (χ3n) is 1.81. The Morgan fingerprint density at radius 2 is 2.25 bits per heavy atom. The molecule has 0 aliphatic rings. The highest BCUT2D eigenvalue weighted by Crippen LogP contribution is 2.25. The first-order valence-electron chi connectivity index (χ1n) is 4.43. The molecule has 0 aliphatic carbocycles. The van der Waals surface area contributed by atoms with Crippen LogP contribution in [0.25, 0.3) is 0 Å². The summed E-state index contributed by atoms with van der Waals surface area (Å²) in [6.07, 6.45) is 0. The summed E-state index contributed by atoms with van der Waals surface area (Å²) in [5.41, 5.74) is 5.96. The van der Waals surface area contributed by atoms with E-state index in [2.05, 4.69) is 31.4 Å². The number of hydrogen-bond acceptors (Lipinski definition) is 5. The molecule has 0 spiro atoms. The third kappa shape index (κ3) is 2.37. The Bertz CT molecular complexity index is 502. The van der Waals surface area contributed by atoms with Crippen molar-refractivity contribution in [2.75, 3.05) is 5.32 Å². The van der Waals surface area contributed by atoms with Crippen LogP contribution in [0.3, 0.4) is 0 Å². The number of nitrogens with two attached hydrogens (primary N) is 1. The molecule has 7 heteroatoms. The van der Waals surface area contributed by atoms with Gasteiger partial charge in [-0.2, -0.15) is 0 Å². The van der Waals surface area contributed by atoms with Crippen LogP contribution in [0.5, 0.6) is 0 Å². The summed E-state index contributed by atoms with van der Waals surface area (Å²) in [6, 6.07) is 4.44. The molecular weight excluding hydrogens is 279 g/mol. The van der Waals surface area contributed by atoms with Crippen LogP contribution in [0.2, 0.25) is 0 Å². The first kappa shape index (κ1) is 11.0. The lowest BCUT2D eigenvalue weighted by molar-refractivity contribution is 0.511. The Balaban J connectivity index is 2.20. The van der Waals surface area contributed by atoms with Crippen LogP contribution in [-0.2, 0) is 6.54 Å². The van der Waals surface area contributed by atoms with Gasteiger partial charge in [0.25, 0.3) is 0 Å². The molecule has 5 nitrogen and oxygen atoms in total. The first-order chi connectivity index (χ1) is 7.69. The summed E-state index contributed by atoms with van der Waals surface area (Å²) in [4.78, 5) is 0. The monoisotopic (exact) mass is 286 g/mol. The van der Waals surface area contributed by atoms with Gasteiger partial charge >= 0.3 is 6.01 Å². The second-order valence-corrected chi connectivity index (χ2v) is 3.81. The summed E-state index contributed by atoms with van der Waals surface area (Å²) < 4.78 is 18.5. The Morgan fingerprint density at radius 3 is 2.88 bits per heavy atom. The van der Waals surface area contributed by atoms with Crippen LogP contribution in [0.1, 0.15) is 5.89 Å². The van der Waals surface area contributed by atoms with Crippen molar-refractivity contribution in [3.05, 3.63) is 34.4 Å². The van der Waals surface area contributed by atoms with Gasteiger partial charge in [0.2, 0.25) is 5.89 Å². The Labute approximate surface area is 99.0 Å². The van der Waals surface area contributed by atoms with Crippen molar-refractivity contribution in [1.82, 2.24) is 10.2 Å². The van der Waals surface area contributed by atoms with E-state index in [1.165, 1.54) is 12.1 Å². The lowest BCUT2D eigenvalue weighted by Crippen LogP contribution is -1.95. The van der Waals surface area contributed by atoms with E-state index in [0.29, 0.717) is 16.1 Å². The van der Waals surface area contributed by atoms with Gasteiger partial charge in [-0.25, -0.2) is 4.39 Å². The van der Waals surface area contributed by atoms with Gasteiger partial charge in [0, 0.05) is 4.47 Å². The first-order valence-corrected chi connectivity index (χ1v) is 5.23. The fourth-order valence-electron chi connectivity index (χ4n) is 1.09. The second-order valence-electron chi connectivity index (χ2n) is 2.95. The smallest absolute Gasteiger partial charge is 0.320 e. The number of benzene rings is 1. The summed E-state index contributed by atoms with van der Waals surface area (Å²) in [6.45, 7) is 0.180. The molecule has 1 aromatic heterocycles. The SMILES string of the molecule is NCc1nnc(Nc2ccc(F)cc2Br)o1. The van der Waals surface area contributed by atoms with Crippen LogP contribution >= 0.6 is 15.9 Å². The maximum Gasteiger partial charge on any atom is 0.320 e. The summed E-state index contributed by atoms with van der Waals surface area (Å²) in [7, 11) is 0. The molecule has 0 saturated carbocycles. The molecule has 1 heterocycles. The Morgan fingerprint density at radius 1 is 1.44 bits per heavy atom. The molecule has 0 bridgehead atoms. The number of halogens is 2. The molecule has 3 N–H and O–H groups in total. The average Bonchev–Trinajstić information content (AvgIpc) is 2.70. The average molecular weight is 287 g/mol. The van der Waals surface area contributed by atoms with Gasteiger partial charge in [-0.3, -0.25) is 0 Å². The molecule has 16 heavy (non-hydrogen) atoms. The van der Waals surface area contributed by atoms with Crippen LogP contribution in [0, 0.1) is 5.82 Å². The number of rotatable bonds is 3. The van der Waals surface area contributed by atoms with E-state index in [0.717, 1.165) is 0 Å². The molecule has 84 valence electrons. The lowest BCUT2D eigenvalue weighted by Gasteiger charge is -2.03. The molecule has 2 aromatic rings. The normalized spacial score (nSPS) is 10.4. The Hall–Kier alpha value is -1.47. The highest BCUT2D eigenvalue weighted by Gasteiger charge is 2.07. The van der Waals surface area contributed by atoms with Gasteiger partial charge in [-0.05, 0) is 34.1 Å². The van der Waals surface area contributed by atoms with Crippen molar-refractivity contribution in [2.45, 2.75) is 6.54 Å².